The number of hydrogen-bond donors (Lipinski definition) is 2. The number of thiazole rings is 1. The third kappa shape index (κ3) is 5.67. The van der Waals surface area contributed by atoms with Crippen LogP contribution in [0.4, 0.5) is 9.93 Å². The number of benzene rings is 3. The molecule has 4 rings (SSSR count). The van der Waals surface area contributed by atoms with Crippen molar-refractivity contribution in [2.24, 2.45) is 0 Å². The van der Waals surface area contributed by atoms with Crippen LogP contribution in [0.2, 0.25) is 0 Å². The molecule has 3 aromatic carbocycles. The zero-order valence-electron chi connectivity index (χ0n) is 19.1. The largest absolute Gasteiger partial charge is 0.329 e. The van der Waals surface area contributed by atoms with Gasteiger partial charge in [-0.15, -0.1) is 0 Å². The predicted octanol–water partition coefficient (Wildman–Crippen LogP) is 3.87. The summed E-state index contributed by atoms with van der Waals surface area (Å²) in [6.07, 6.45) is 0.173. The molecule has 35 heavy (non-hydrogen) atoms. The van der Waals surface area contributed by atoms with Crippen molar-refractivity contribution in [1.82, 2.24) is 15.0 Å². The van der Waals surface area contributed by atoms with E-state index in [-0.39, 0.29) is 11.3 Å². The summed E-state index contributed by atoms with van der Waals surface area (Å²) in [6.45, 7) is 1.64. The lowest BCUT2D eigenvalue weighted by atomic mass is 10.1. The highest BCUT2D eigenvalue weighted by Gasteiger charge is 2.29. The smallest absolute Gasteiger partial charge is 0.325 e. The fourth-order valence-corrected chi connectivity index (χ4v) is 5.70. The second-order valence-corrected chi connectivity index (χ2v) is 10.6. The summed E-state index contributed by atoms with van der Waals surface area (Å²) in [4.78, 5) is 32.1. The van der Waals surface area contributed by atoms with E-state index in [9.17, 15) is 18.0 Å². The summed E-state index contributed by atoms with van der Waals surface area (Å²) in [5, 5.41) is 3.03. The second kappa shape index (κ2) is 10.2. The minimum Gasteiger partial charge on any atom is -0.325 e. The van der Waals surface area contributed by atoms with Gasteiger partial charge in [-0.2, -0.15) is 0 Å². The zero-order valence-corrected chi connectivity index (χ0v) is 20.8. The van der Waals surface area contributed by atoms with Gasteiger partial charge in [0, 0.05) is 13.5 Å². The van der Waals surface area contributed by atoms with E-state index in [2.05, 4.69) is 10.3 Å². The van der Waals surface area contributed by atoms with E-state index in [1.807, 2.05) is 59.3 Å². The molecular formula is C25H24N4O4S2. The SMILES string of the molecule is Cc1ccccc1S(=O)(=O)NC(=O)NC(Cc1ccccc1)C(=O)N(C)c1nc2ccccc2s1. The number of likely N-dealkylation sites (N-methyl/N-ethyl adjacent to an activating group) is 1. The van der Waals surface area contributed by atoms with Crippen LogP contribution in [-0.2, 0) is 21.2 Å². The zero-order chi connectivity index (χ0) is 25.0. The molecular weight excluding hydrogens is 484 g/mol. The molecule has 0 fully saturated rings. The molecule has 0 spiro atoms. The molecule has 1 aromatic heterocycles. The van der Waals surface area contributed by atoms with Crippen LogP contribution in [0.15, 0.2) is 83.8 Å². The minimum atomic E-state index is -4.12. The number of carbonyl (C=O) groups excluding carboxylic acids is 2. The molecule has 0 saturated carbocycles. The van der Waals surface area contributed by atoms with Crippen LogP contribution >= 0.6 is 11.3 Å². The van der Waals surface area contributed by atoms with Crippen molar-refractivity contribution in [3.8, 4) is 0 Å². The maximum absolute atomic E-state index is 13.5. The van der Waals surface area contributed by atoms with Gasteiger partial charge in [0.25, 0.3) is 15.9 Å². The average Bonchev–Trinajstić information content (AvgIpc) is 3.27. The highest BCUT2D eigenvalue weighted by atomic mass is 32.2. The van der Waals surface area contributed by atoms with E-state index >= 15 is 0 Å². The Bertz CT molecular complexity index is 1440. The third-order valence-electron chi connectivity index (χ3n) is 5.40. The van der Waals surface area contributed by atoms with E-state index in [0.29, 0.717) is 10.7 Å². The van der Waals surface area contributed by atoms with Crippen LogP contribution in [0, 0.1) is 6.92 Å². The fraction of sp³-hybridized carbons (Fsp3) is 0.160. The van der Waals surface area contributed by atoms with Gasteiger partial charge in [-0.3, -0.25) is 9.69 Å². The van der Waals surface area contributed by atoms with E-state index in [4.69, 9.17) is 0 Å². The highest BCUT2D eigenvalue weighted by Crippen LogP contribution is 2.28. The Morgan fingerprint density at radius 3 is 2.34 bits per heavy atom. The molecule has 1 atom stereocenters. The molecule has 8 nitrogen and oxygen atoms in total. The molecule has 0 radical (unpaired) electrons. The van der Waals surface area contributed by atoms with Gasteiger partial charge >= 0.3 is 6.03 Å². The average molecular weight is 509 g/mol. The number of amides is 3. The van der Waals surface area contributed by atoms with Crippen molar-refractivity contribution in [1.29, 1.82) is 0 Å². The molecule has 0 aliphatic rings. The van der Waals surface area contributed by atoms with Crippen LogP contribution in [0.25, 0.3) is 10.2 Å². The molecule has 2 N–H and O–H groups in total. The molecule has 3 amide bonds. The molecule has 10 heteroatoms. The number of nitrogens with one attached hydrogen (secondary N) is 2. The van der Waals surface area contributed by atoms with Crippen molar-refractivity contribution < 1.29 is 18.0 Å². The van der Waals surface area contributed by atoms with E-state index in [0.717, 1.165) is 15.8 Å². The van der Waals surface area contributed by atoms with Gasteiger partial charge in [0.2, 0.25) is 0 Å². The summed E-state index contributed by atoms with van der Waals surface area (Å²) in [7, 11) is -2.54. The Kier molecular flexibility index (Phi) is 7.13. The Hall–Kier alpha value is -3.76. The fourth-order valence-electron chi connectivity index (χ4n) is 3.60. The summed E-state index contributed by atoms with van der Waals surface area (Å²) < 4.78 is 28.5. The topological polar surface area (TPSA) is 108 Å². The van der Waals surface area contributed by atoms with Gasteiger partial charge in [0.05, 0.1) is 15.1 Å². The Morgan fingerprint density at radius 1 is 0.971 bits per heavy atom. The number of para-hydroxylation sites is 1. The van der Waals surface area contributed by atoms with Crippen molar-refractivity contribution in [2.75, 3.05) is 11.9 Å². The number of hydrogen-bond acceptors (Lipinski definition) is 6. The van der Waals surface area contributed by atoms with Crippen LogP contribution in [0.1, 0.15) is 11.1 Å². The number of nitrogens with zero attached hydrogens (tertiary/aromatic N) is 2. The summed E-state index contributed by atoms with van der Waals surface area (Å²) in [5.41, 5.74) is 2.08. The number of urea groups is 1. The summed E-state index contributed by atoms with van der Waals surface area (Å²) in [6, 6.07) is 21.0. The molecule has 0 aliphatic carbocycles. The van der Waals surface area contributed by atoms with Gasteiger partial charge in [-0.25, -0.2) is 22.9 Å². The van der Waals surface area contributed by atoms with Crippen molar-refractivity contribution >= 4 is 48.6 Å². The minimum absolute atomic E-state index is 0.00678. The van der Waals surface area contributed by atoms with Gasteiger partial charge in [0.1, 0.15) is 6.04 Å². The summed E-state index contributed by atoms with van der Waals surface area (Å²) in [5.74, 6) is -0.420. The summed E-state index contributed by atoms with van der Waals surface area (Å²) >= 11 is 1.35. The highest BCUT2D eigenvalue weighted by molar-refractivity contribution is 7.90. The number of aromatic nitrogens is 1. The monoisotopic (exact) mass is 508 g/mol. The van der Waals surface area contributed by atoms with Gasteiger partial charge < -0.3 is 5.32 Å². The van der Waals surface area contributed by atoms with Crippen LogP contribution < -0.4 is 14.9 Å². The second-order valence-electron chi connectivity index (χ2n) is 7.95. The lowest BCUT2D eigenvalue weighted by Gasteiger charge is -2.23. The van der Waals surface area contributed by atoms with Crippen molar-refractivity contribution in [3.05, 3.63) is 90.0 Å². The molecule has 180 valence electrons. The number of carbonyl (C=O) groups is 2. The van der Waals surface area contributed by atoms with Crippen molar-refractivity contribution in [2.45, 2.75) is 24.3 Å². The lowest BCUT2D eigenvalue weighted by molar-refractivity contribution is -0.120. The quantitative estimate of drug-likeness (QED) is 0.394. The molecule has 1 heterocycles. The number of sulfonamides is 1. The first-order valence-electron chi connectivity index (χ1n) is 10.8. The first-order valence-corrected chi connectivity index (χ1v) is 13.1. The number of aryl methyl sites for hydroxylation is 1. The van der Waals surface area contributed by atoms with Crippen molar-refractivity contribution in [3.63, 3.8) is 0 Å². The normalized spacial score (nSPS) is 12.2. The maximum Gasteiger partial charge on any atom is 0.329 e. The van der Waals surface area contributed by atoms with E-state index < -0.39 is 28.0 Å². The van der Waals surface area contributed by atoms with Gasteiger partial charge in [-0.1, -0.05) is 72.0 Å². The first kappa shape index (κ1) is 24.4. The van der Waals surface area contributed by atoms with Crippen LogP contribution in [0.3, 0.4) is 0 Å². The molecule has 0 bridgehead atoms. The van der Waals surface area contributed by atoms with Gasteiger partial charge in [-0.05, 0) is 36.2 Å². The van der Waals surface area contributed by atoms with Crippen LogP contribution in [-0.4, -0.2) is 38.4 Å². The Labute approximate surface area is 207 Å². The van der Waals surface area contributed by atoms with Crippen LogP contribution in [0.5, 0.6) is 0 Å². The molecule has 0 saturated heterocycles. The van der Waals surface area contributed by atoms with Gasteiger partial charge in [0.15, 0.2) is 5.13 Å². The Balaban J connectivity index is 1.56. The molecule has 0 aliphatic heterocycles. The Morgan fingerprint density at radius 2 is 1.63 bits per heavy atom. The molecule has 4 aromatic rings. The first-order chi connectivity index (χ1) is 16.7. The number of fused-ring (bicyclic) bond motifs is 1. The lowest BCUT2D eigenvalue weighted by Crippen LogP contribution is -2.52. The van der Waals surface area contributed by atoms with E-state index in [1.165, 1.54) is 22.3 Å². The standard InChI is InChI=1S/C25H24N4O4S2/c1-17-10-6-9-15-22(17)35(32,33)28-24(31)26-20(16-18-11-4-3-5-12-18)23(30)29(2)25-27-19-13-7-8-14-21(19)34-25/h3-15,20H,16H2,1-2H3,(H2,26,28,31). The third-order valence-corrected chi connectivity index (χ3v) is 8.00. The molecule has 1 unspecified atom stereocenters. The predicted molar refractivity (Wildman–Crippen MR) is 137 cm³/mol. The number of anilines is 1. The maximum atomic E-state index is 13.5. The number of rotatable bonds is 7. The van der Waals surface area contributed by atoms with E-state index in [1.54, 1.807) is 32.2 Å².